The molecule has 1 aromatic carbocycles. The zero-order valence-corrected chi connectivity index (χ0v) is 12.5. The van der Waals surface area contributed by atoms with Gasteiger partial charge >= 0.3 is 0 Å². The highest BCUT2D eigenvalue weighted by Crippen LogP contribution is 2.18. The van der Waals surface area contributed by atoms with E-state index in [1.165, 1.54) is 0 Å². The highest BCUT2D eigenvalue weighted by atomic mass is 79.9. The smallest absolute Gasteiger partial charge is 0.252 e. The van der Waals surface area contributed by atoms with Crippen LogP contribution < -0.4 is 5.32 Å². The van der Waals surface area contributed by atoms with Crippen LogP contribution in [0, 0.1) is 6.92 Å². The van der Waals surface area contributed by atoms with Crippen LogP contribution in [0.3, 0.4) is 0 Å². The number of carbonyl (C=O) groups is 1. The summed E-state index contributed by atoms with van der Waals surface area (Å²) in [6.45, 7) is 3.79. The van der Waals surface area contributed by atoms with Gasteiger partial charge in [-0.25, -0.2) is 0 Å². The van der Waals surface area contributed by atoms with E-state index < -0.39 is 10.8 Å². The molecule has 0 aromatic heterocycles. The van der Waals surface area contributed by atoms with Crippen LogP contribution in [0.4, 0.5) is 0 Å². The summed E-state index contributed by atoms with van der Waals surface area (Å²) in [5.41, 5.74) is 1.64. The topological polar surface area (TPSA) is 46.2 Å². The molecule has 1 aromatic rings. The number of rotatable bonds is 4. The summed E-state index contributed by atoms with van der Waals surface area (Å²) in [4.78, 5) is 12.0. The largest absolute Gasteiger partial charge is 0.349 e. The van der Waals surface area contributed by atoms with E-state index in [2.05, 4.69) is 21.2 Å². The molecule has 1 N–H and O–H groups in total. The Bertz CT molecular complexity index is 448. The van der Waals surface area contributed by atoms with E-state index in [1.807, 2.05) is 32.0 Å². The Morgan fingerprint density at radius 3 is 2.76 bits per heavy atom. The third-order valence-corrected chi connectivity index (χ3v) is 3.89. The molecular formula is C12H16BrNO2S. The number of hydrogen-bond acceptors (Lipinski definition) is 2. The van der Waals surface area contributed by atoms with E-state index in [0.29, 0.717) is 11.3 Å². The molecule has 0 aliphatic heterocycles. The zero-order chi connectivity index (χ0) is 13.0. The highest BCUT2D eigenvalue weighted by molar-refractivity contribution is 9.10. The minimum Gasteiger partial charge on any atom is -0.349 e. The number of nitrogens with one attached hydrogen (secondary N) is 1. The molecule has 5 heteroatoms. The van der Waals surface area contributed by atoms with Gasteiger partial charge in [-0.3, -0.25) is 9.00 Å². The van der Waals surface area contributed by atoms with Crippen molar-refractivity contribution in [3.05, 3.63) is 33.8 Å². The molecule has 2 unspecified atom stereocenters. The van der Waals surface area contributed by atoms with Gasteiger partial charge in [0.15, 0.2) is 0 Å². The molecule has 0 heterocycles. The van der Waals surface area contributed by atoms with Gasteiger partial charge in [-0.2, -0.15) is 0 Å². The number of carbonyl (C=O) groups excluding carboxylic acids is 1. The lowest BCUT2D eigenvalue weighted by atomic mass is 10.1. The normalized spacial score (nSPS) is 14.1. The fourth-order valence-corrected chi connectivity index (χ4v) is 2.72. The van der Waals surface area contributed by atoms with Crippen molar-refractivity contribution in [3.63, 3.8) is 0 Å². The van der Waals surface area contributed by atoms with Crippen LogP contribution >= 0.6 is 15.9 Å². The predicted octanol–water partition coefficient (Wildman–Crippen LogP) is 2.25. The maximum atomic E-state index is 12.0. The third kappa shape index (κ3) is 4.60. The molecule has 0 saturated heterocycles. The summed E-state index contributed by atoms with van der Waals surface area (Å²) in [5.74, 6) is 0.327. The highest BCUT2D eigenvalue weighted by Gasteiger charge is 2.13. The number of amides is 1. The summed E-state index contributed by atoms with van der Waals surface area (Å²) in [6, 6.07) is 5.52. The molecule has 0 radical (unpaired) electrons. The number of aryl methyl sites for hydroxylation is 1. The van der Waals surface area contributed by atoms with E-state index in [4.69, 9.17) is 0 Å². The molecule has 0 aliphatic carbocycles. The second kappa shape index (κ2) is 6.31. The minimum absolute atomic E-state index is 0.0965. The summed E-state index contributed by atoms with van der Waals surface area (Å²) in [5, 5.41) is 2.83. The third-order valence-electron chi connectivity index (χ3n) is 2.23. The Hall–Kier alpha value is -0.680. The van der Waals surface area contributed by atoms with Crippen molar-refractivity contribution < 1.29 is 9.00 Å². The molecule has 0 spiro atoms. The Morgan fingerprint density at radius 1 is 1.53 bits per heavy atom. The van der Waals surface area contributed by atoms with Crippen LogP contribution in [0.15, 0.2) is 22.7 Å². The second-order valence-electron chi connectivity index (χ2n) is 4.10. The van der Waals surface area contributed by atoms with Gasteiger partial charge < -0.3 is 5.32 Å². The first kappa shape index (κ1) is 14.4. The average Bonchev–Trinajstić information content (AvgIpc) is 2.20. The summed E-state index contributed by atoms with van der Waals surface area (Å²) < 4.78 is 11.8. The molecule has 1 rings (SSSR count). The van der Waals surface area contributed by atoms with Crippen molar-refractivity contribution in [1.29, 1.82) is 0 Å². The van der Waals surface area contributed by atoms with Crippen molar-refractivity contribution in [1.82, 2.24) is 5.32 Å². The molecule has 0 aliphatic rings. The number of hydrogen-bond donors (Lipinski definition) is 1. The molecule has 0 fully saturated rings. The van der Waals surface area contributed by atoms with Crippen molar-refractivity contribution >= 4 is 32.6 Å². The minimum atomic E-state index is -0.905. The van der Waals surface area contributed by atoms with Crippen LogP contribution in [-0.4, -0.2) is 28.2 Å². The monoisotopic (exact) mass is 317 g/mol. The van der Waals surface area contributed by atoms with Crippen molar-refractivity contribution in [3.8, 4) is 0 Å². The second-order valence-corrected chi connectivity index (χ2v) is 6.43. The van der Waals surface area contributed by atoms with Crippen molar-refractivity contribution in [2.75, 3.05) is 12.0 Å². The molecule has 1 amide bonds. The molecule has 0 saturated carbocycles. The van der Waals surface area contributed by atoms with Crippen molar-refractivity contribution in [2.45, 2.75) is 19.9 Å². The predicted molar refractivity (Wildman–Crippen MR) is 74.7 cm³/mol. The molecule has 94 valence electrons. The molecule has 2 atom stereocenters. The van der Waals surface area contributed by atoms with Crippen LogP contribution in [0.2, 0.25) is 0 Å². The molecule has 0 bridgehead atoms. The van der Waals surface area contributed by atoms with Crippen molar-refractivity contribution in [2.24, 2.45) is 0 Å². The summed E-state index contributed by atoms with van der Waals surface area (Å²) >= 11 is 3.35. The Morgan fingerprint density at radius 2 is 2.18 bits per heavy atom. The van der Waals surface area contributed by atoms with Gasteiger partial charge in [-0.1, -0.05) is 11.6 Å². The number of halogens is 1. The van der Waals surface area contributed by atoms with Gasteiger partial charge in [0.2, 0.25) is 0 Å². The Kier molecular flexibility index (Phi) is 5.33. The van der Waals surface area contributed by atoms with Gasteiger partial charge in [0.05, 0.1) is 5.56 Å². The lowest BCUT2D eigenvalue weighted by Crippen LogP contribution is -2.36. The molecule has 3 nitrogen and oxygen atoms in total. The Labute approximate surface area is 113 Å². The summed E-state index contributed by atoms with van der Waals surface area (Å²) in [7, 11) is -0.905. The first-order chi connectivity index (χ1) is 7.90. The fraction of sp³-hybridized carbons (Fsp3) is 0.417. The van der Waals surface area contributed by atoms with Crippen LogP contribution in [0.25, 0.3) is 0 Å². The van der Waals surface area contributed by atoms with Gasteiger partial charge in [0.25, 0.3) is 5.91 Å². The first-order valence-electron chi connectivity index (χ1n) is 5.27. The van der Waals surface area contributed by atoms with E-state index >= 15 is 0 Å². The van der Waals surface area contributed by atoms with Gasteiger partial charge in [-0.15, -0.1) is 0 Å². The lowest BCUT2D eigenvalue weighted by molar-refractivity contribution is 0.0943. The quantitative estimate of drug-likeness (QED) is 0.925. The Balaban J connectivity index is 2.76. The average molecular weight is 318 g/mol. The first-order valence-corrected chi connectivity index (χ1v) is 7.79. The van der Waals surface area contributed by atoms with E-state index in [9.17, 15) is 9.00 Å². The van der Waals surface area contributed by atoms with E-state index in [-0.39, 0.29) is 11.9 Å². The van der Waals surface area contributed by atoms with Gasteiger partial charge in [0.1, 0.15) is 0 Å². The van der Waals surface area contributed by atoms with Crippen LogP contribution in [0.1, 0.15) is 22.8 Å². The zero-order valence-electron chi connectivity index (χ0n) is 10.1. The van der Waals surface area contributed by atoms with E-state index in [1.54, 1.807) is 6.26 Å². The fourth-order valence-electron chi connectivity index (χ4n) is 1.51. The molecule has 17 heavy (non-hydrogen) atoms. The van der Waals surface area contributed by atoms with Crippen LogP contribution in [0.5, 0.6) is 0 Å². The summed E-state index contributed by atoms with van der Waals surface area (Å²) in [6.07, 6.45) is 1.63. The maximum Gasteiger partial charge on any atom is 0.252 e. The molecular weight excluding hydrogens is 302 g/mol. The van der Waals surface area contributed by atoms with Crippen LogP contribution in [-0.2, 0) is 10.8 Å². The van der Waals surface area contributed by atoms with E-state index in [0.717, 1.165) is 10.0 Å². The SMILES string of the molecule is Cc1ccc(Br)c(C(=O)NC(C)CS(C)=O)c1. The number of benzene rings is 1. The van der Waals surface area contributed by atoms with Gasteiger partial charge in [0, 0.05) is 33.3 Å². The maximum absolute atomic E-state index is 12.0. The standard InChI is InChI=1S/C12H16BrNO2S/c1-8-4-5-11(13)10(6-8)12(15)14-9(2)7-17(3)16/h4-6,9H,7H2,1-3H3,(H,14,15). The van der Waals surface area contributed by atoms with Gasteiger partial charge in [-0.05, 0) is 41.9 Å². The lowest BCUT2D eigenvalue weighted by Gasteiger charge is -2.13.